The van der Waals surface area contributed by atoms with Crippen LogP contribution in [-0.2, 0) is 81.5 Å². The number of hydrogen-bond acceptors (Lipinski definition) is 34. The van der Waals surface area contributed by atoms with Gasteiger partial charge in [0.1, 0.15) is 107 Å². The summed E-state index contributed by atoms with van der Waals surface area (Å²) in [6.07, 6.45) is -13.1. The van der Waals surface area contributed by atoms with Crippen molar-refractivity contribution in [1.29, 1.82) is 0 Å². The normalized spacial score (nSPS) is 26.2. The molecular weight excluding hydrogens is 1700 g/mol. The van der Waals surface area contributed by atoms with E-state index in [1.165, 1.54) is 57.0 Å². The summed E-state index contributed by atoms with van der Waals surface area (Å²) in [5.41, 5.74) is 22.4. The van der Waals surface area contributed by atoms with Crippen molar-refractivity contribution in [2.24, 2.45) is 10.7 Å². The van der Waals surface area contributed by atoms with Crippen LogP contribution in [0.3, 0.4) is 0 Å². The number of nitrogens with zero attached hydrogens (tertiary/aromatic N) is 14. The molecule has 45 nitrogen and oxygen atoms in total. The molecule has 0 radical (unpaired) electrons. The van der Waals surface area contributed by atoms with Crippen molar-refractivity contribution in [3.63, 3.8) is 0 Å². The van der Waals surface area contributed by atoms with E-state index in [1.807, 2.05) is 60.7 Å². The molecule has 0 amide bonds. The Balaban J connectivity index is 0.000000160. The molecule has 0 aliphatic carbocycles. The minimum Gasteiger partial charge on any atom is -0.479 e. The van der Waals surface area contributed by atoms with Crippen LogP contribution in [0.5, 0.6) is 5.88 Å². The molecule has 664 valence electrons. The molecule has 50 heteroatoms. The Morgan fingerprint density at radius 1 is 0.439 bits per heavy atom. The van der Waals surface area contributed by atoms with Gasteiger partial charge in [-0.2, -0.15) is 4.98 Å². The third-order valence-electron chi connectivity index (χ3n) is 19.1. The largest absolute Gasteiger partial charge is 0.479 e. The lowest BCUT2D eigenvalue weighted by Crippen LogP contribution is -2.42. The van der Waals surface area contributed by atoms with Crippen LogP contribution in [0.25, 0.3) is 33.5 Å². The van der Waals surface area contributed by atoms with Gasteiger partial charge in [0.15, 0.2) is 65.2 Å². The van der Waals surface area contributed by atoms with Crippen molar-refractivity contribution < 1.29 is 120 Å². The molecule has 0 spiro atoms. The summed E-state index contributed by atoms with van der Waals surface area (Å²) in [6, 6.07) is 36.1. The lowest BCUT2D eigenvalue weighted by atomic mass is 10.1. The highest BCUT2D eigenvalue weighted by atomic mass is 31.2. The molecule has 20 atom stereocenters. The topological polar surface area (TPSA) is 646 Å². The van der Waals surface area contributed by atoms with Crippen LogP contribution in [0.4, 0.5) is 16.0 Å². The molecule has 4 fully saturated rings. The number of aryl methyl sites for hydroxylation is 3. The first kappa shape index (κ1) is 94.3. The smallest absolute Gasteiger partial charge is 0.403 e. The maximum atomic E-state index is 14.8. The summed E-state index contributed by atoms with van der Waals surface area (Å²) >= 11 is 0. The number of amidine groups is 1. The maximum absolute atomic E-state index is 14.8. The number of methoxy groups -OCH3 is 1. The van der Waals surface area contributed by atoms with Crippen molar-refractivity contribution >= 4 is 81.9 Å². The summed E-state index contributed by atoms with van der Waals surface area (Å²) in [5.74, 6) is 2.27. The number of ether oxygens (including phenoxy) is 5. The number of aliphatic hydroxyl groups excluding tert-OH is 7. The van der Waals surface area contributed by atoms with Crippen LogP contribution < -0.4 is 42.3 Å². The number of nitrogens with two attached hydrogens (primary N) is 3. The Morgan fingerprint density at radius 2 is 0.740 bits per heavy atom. The molecule has 4 saturated heterocycles. The minimum absolute atomic E-state index is 0. The molecular formula is C73H96FN21O24P4. The van der Waals surface area contributed by atoms with Gasteiger partial charge in [-0.05, 0) is 49.1 Å². The molecule has 15 rings (SSSR count). The molecule has 0 bridgehead atoms. The molecule has 5 aliphatic rings. The highest BCUT2D eigenvalue weighted by Gasteiger charge is 2.50. The van der Waals surface area contributed by atoms with E-state index in [2.05, 4.69) is 76.8 Å². The second kappa shape index (κ2) is 41.2. The standard InChI is InChI=1S/C19H24N5O7P.C18H22FN6O5P.C18H23N6O6P.C17H23N4O6P.CH4/c1-11-22-17-14(18(23-11)29-2)20-10-24(17)19-16(26)15(25)13(31-19)9-30-32(27,28)21-8-12-6-4-3-5-7-12;1-10-23-16(20)14-17(24-10)25(9-21-14)18-13(19)15(26)12(30-18)8-29-31(27,28)22-7-11-5-3-2-4-6-11;1-10-22-16(19)13-17(23-10)24(9-20-13)18-15(26)14(25)12(30-18)8-29-31(27,28)21-7-11-5-3-2-4-6-11;1-11-20-14(18)7-8-21(11)17-16(23)15(22)13(27-17)10-26-28(24,25)19-9-12-5-3-2-4-6-12;/h3-7,10,13,15-16,19,25-26H,8-9H2,1-2H3,(H2,21,27,28);2-6,9,12-13,15,18,26H,7-8H2,1H3,(H2,20,23,24)(H2,22,27,28);2-6,9,12,14-15,18,25-26H,7-8H2,1H3,(H2,19,22,23)(H2,21,27,28);2-8,13,15-17,22-23H,1,9-10H2,(H2,18,20)(H2,19,24,25);1H4/t13-,15+,16?,19-;12-,13?,15+,18-;12-,14+,15?,18-;13-,15+,16?,17-;/m1111./s1. The quantitative estimate of drug-likeness (QED) is 0.0300. The Hall–Kier alpha value is -9.39. The number of aliphatic hydroxyl groups is 7. The number of nitrogens with one attached hydrogen (secondary N) is 4. The molecule has 6 aromatic heterocycles. The number of fused-ring (bicyclic) bond motifs is 3. The zero-order chi connectivity index (χ0) is 87.5. The molecule has 5 aliphatic heterocycles. The summed E-state index contributed by atoms with van der Waals surface area (Å²) in [7, 11) is -15.2. The van der Waals surface area contributed by atoms with Crippen LogP contribution in [0.2, 0.25) is 0 Å². The van der Waals surface area contributed by atoms with Crippen molar-refractivity contribution in [2.45, 2.75) is 153 Å². The summed E-state index contributed by atoms with van der Waals surface area (Å²) in [5, 5.41) is 82.3. The maximum Gasteiger partial charge on any atom is 0.403 e. The SMILES string of the molecule is C.C=C1N=C(N)C=CN1[C@@H]1O[C@H](COP(=O)(O)NCc2ccccc2)[C@H](O)C1O.COc1nc(C)nc2c1ncn2[C@@H]1O[C@H](COP(=O)(O)NCc2ccccc2)[C@H](O)C1O.Cc1nc(N)c2ncn([C@@H]3O[C@H](COP(=O)(O)NCc4ccccc4)[C@H](O)C3F)c2n1.Cc1nc(N)c2ncn([C@@H]3O[C@H](COP(=O)(O)NCc4ccccc4)[C@H](O)C3O)c2n1. The van der Waals surface area contributed by atoms with E-state index in [-0.39, 0.29) is 73.9 Å². The number of hydrogen-bond donors (Lipinski definition) is 18. The number of nitrogen functional groups attached to an aromatic ring is 2. The average molecular weight is 1790 g/mol. The molecule has 8 unspecified atom stereocenters. The first-order valence-electron chi connectivity index (χ1n) is 37.3. The van der Waals surface area contributed by atoms with Crippen LogP contribution >= 0.6 is 31.0 Å². The lowest BCUT2D eigenvalue weighted by molar-refractivity contribution is -0.0674. The average Bonchev–Trinajstić information content (AvgIpc) is 1.63. The van der Waals surface area contributed by atoms with Gasteiger partial charge >= 0.3 is 31.0 Å². The number of imidazole rings is 3. The van der Waals surface area contributed by atoms with E-state index in [0.29, 0.717) is 39.8 Å². The van der Waals surface area contributed by atoms with Crippen LogP contribution in [0, 0.1) is 20.8 Å². The molecule has 4 aromatic carbocycles. The van der Waals surface area contributed by atoms with Gasteiger partial charge in [-0.15, -0.1) is 0 Å². The second-order valence-electron chi connectivity index (χ2n) is 27.9. The first-order chi connectivity index (χ1) is 58.1. The Kier molecular flexibility index (Phi) is 31.6. The minimum atomic E-state index is -4.21. The van der Waals surface area contributed by atoms with Gasteiger partial charge in [-0.1, -0.05) is 135 Å². The van der Waals surface area contributed by atoms with Gasteiger partial charge in [-0.25, -0.2) is 87.9 Å². The second-order valence-corrected chi connectivity index (χ2v) is 34.4. The highest BCUT2D eigenvalue weighted by Crippen LogP contribution is 2.45. The predicted octanol–water partition coefficient (Wildman–Crippen LogP) is 2.77. The van der Waals surface area contributed by atoms with E-state index in [1.54, 1.807) is 81.4 Å². The number of alkyl halides is 1. The number of aliphatic imine (C=N–C) groups is 1. The van der Waals surface area contributed by atoms with Crippen LogP contribution in [0.15, 0.2) is 170 Å². The Morgan fingerprint density at radius 3 is 1.09 bits per heavy atom. The van der Waals surface area contributed by atoms with Gasteiger partial charge in [0.2, 0.25) is 5.88 Å². The van der Waals surface area contributed by atoms with Crippen LogP contribution in [0.1, 0.15) is 65.8 Å². The van der Waals surface area contributed by atoms with Crippen molar-refractivity contribution in [3.8, 4) is 5.88 Å². The fourth-order valence-electron chi connectivity index (χ4n) is 12.9. The van der Waals surface area contributed by atoms with E-state index >= 15 is 0 Å². The number of halogens is 1. The Labute approximate surface area is 701 Å². The third-order valence-corrected chi connectivity index (χ3v) is 23.4. The lowest BCUT2D eigenvalue weighted by Gasteiger charge is -2.30. The predicted molar refractivity (Wildman–Crippen MR) is 438 cm³/mol. The van der Waals surface area contributed by atoms with Gasteiger partial charge in [0, 0.05) is 32.4 Å². The van der Waals surface area contributed by atoms with E-state index in [9.17, 15) is 78.0 Å². The van der Waals surface area contributed by atoms with E-state index in [0.717, 1.165) is 22.3 Å². The molecule has 21 N–H and O–H groups in total. The number of rotatable bonds is 29. The fourth-order valence-corrected chi connectivity index (χ4v) is 16.2. The summed E-state index contributed by atoms with van der Waals surface area (Å²) in [6.45, 7) is 7.40. The van der Waals surface area contributed by atoms with E-state index in [4.69, 9.17) is 59.0 Å². The third kappa shape index (κ3) is 23.8. The molecule has 123 heavy (non-hydrogen) atoms. The zero-order valence-electron chi connectivity index (χ0n) is 65.4. The number of anilines is 2. The van der Waals surface area contributed by atoms with Gasteiger partial charge < -0.3 is 101 Å². The van der Waals surface area contributed by atoms with Crippen molar-refractivity contribution in [2.75, 3.05) is 45.0 Å². The number of aromatic nitrogens is 12. The van der Waals surface area contributed by atoms with Gasteiger partial charge in [-0.3, -0.25) is 31.8 Å². The highest BCUT2D eigenvalue weighted by molar-refractivity contribution is 7.51. The van der Waals surface area contributed by atoms with E-state index < -0.39 is 156 Å². The van der Waals surface area contributed by atoms with Crippen molar-refractivity contribution in [3.05, 3.63) is 205 Å². The molecule has 11 heterocycles. The van der Waals surface area contributed by atoms with Gasteiger partial charge in [0.05, 0.1) is 52.5 Å². The summed E-state index contributed by atoms with van der Waals surface area (Å²) in [4.78, 5) is 82.8. The monoisotopic (exact) mass is 1790 g/mol. The molecule has 0 saturated carbocycles. The number of benzene rings is 4. The zero-order valence-corrected chi connectivity index (χ0v) is 69.0. The van der Waals surface area contributed by atoms with Gasteiger partial charge in [0.25, 0.3) is 0 Å². The summed E-state index contributed by atoms with van der Waals surface area (Å²) < 4.78 is 116. The van der Waals surface area contributed by atoms with Crippen LogP contribution in [-0.4, -0.2) is 238 Å². The van der Waals surface area contributed by atoms with Crippen molar-refractivity contribution in [1.82, 2.24) is 83.8 Å². The first-order valence-corrected chi connectivity index (χ1v) is 43.6. The molecule has 10 aromatic rings. The fraction of sp³-hybridized carbons (Fsp3) is 0.397. The Bertz CT molecular complexity index is 5320.